The van der Waals surface area contributed by atoms with Gasteiger partial charge in [0, 0.05) is 39.8 Å². The van der Waals surface area contributed by atoms with Crippen LogP contribution in [0.15, 0.2) is 65.9 Å². The minimum atomic E-state index is -0.403. The molecule has 9 nitrogen and oxygen atoms in total. The standard InChI is InChI=1S/C42H62N8O/c1-40(2,3)34(47-38(51)42(7,8)31-15-13-14-16-31)36-43-25-32(45-36)29-21-17-27(18-22-29)28-19-23-30(24-20-28)33-26-44-37(46-33)35(41(4,5)6)48-39(49(9)10)50(11)12/h17-26,31,34-35,37,44,46H,13-16H2,1-12H3,(H,43,45)(H,47,51)/t34-,35-,37?/m1/s1. The number of aromatic nitrogens is 2. The first kappa shape index (κ1) is 38.0. The number of amides is 1. The van der Waals surface area contributed by atoms with Crippen LogP contribution in [-0.4, -0.2) is 72.0 Å². The number of aromatic amines is 1. The lowest BCUT2D eigenvalue weighted by Gasteiger charge is -2.36. The number of guanidine groups is 1. The van der Waals surface area contributed by atoms with Crippen LogP contribution in [0, 0.1) is 22.2 Å². The lowest BCUT2D eigenvalue weighted by molar-refractivity contribution is -0.133. The highest BCUT2D eigenvalue weighted by Gasteiger charge is 2.41. The second-order valence-electron chi connectivity index (χ2n) is 17.7. The van der Waals surface area contributed by atoms with Gasteiger partial charge in [-0.15, -0.1) is 0 Å². The van der Waals surface area contributed by atoms with Gasteiger partial charge in [0.2, 0.25) is 5.91 Å². The third-order valence-electron chi connectivity index (χ3n) is 10.7. The summed E-state index contributed by atoms with van der Waals surface area (Å²) in [4.78, 5) is 31.2. The molecule has 3 atom stereocenters. The number of hydrogen-bond acceptors (Lipinski definition) is 5. The minimum absolute atomic E-state index is 0.00150. The molecule has 2 aromatic carbocycles. The molecule has 2 heterocycles. The zero-order chi connectivity index (χ0) is 37.3. The zero-order valence-electron chi connectivity index (χ0n) is 33.1. The van der Waals surface area contributed by atoms with E-state index in [1.54, 1.807) is 0 Å². The monoisotopic (exact) mass is 695 g/mol. The van der Waals surface area contributed by atoms with Crippen molar-refractivity contribution in [1.29, 1.82) is 0 Å². The molecule has 4 N–H and O–H groups in total. The van der Waals surface area contributed by atoms with Gasteiger partial charge in [0.25, 0.3) is 0 Å². The molecule has 5 rings (SSSR count). The van der Waals surface area contributed by atoms with Crippen LogP contribution in [0.2, 0.25) is 0 Å². The van der Waals surface area contributed by atoms with Crippen LogP contribution in [0.25, 0.3) is 28.1 Å². The topological polar surface area (TPSA) is 101 Å². The normalized spacial score (nSPS) is 18.0. The Kier molecular flexibility index (Phi) is 11.0. The van der Waals surface area contributed by atoms with Gasteiger partial charge < -0.3 is 30.7 Å². The van der Waals surface area contributed by atoms with E-state index in [-0.39, 0.29) is 35.0 Å². The van der Waals surface area contributed by atoms with Crippen LogP contribution in [0.5, 0.6) is 0 Å². The maximum atomic E-state index is 13.6. The Hall–Kier alpha value is -4.27. The fourth-order valence-electron chi connectivity index (χ4n) is 7.44. The number of nitrogens with one attached hydrogen (secondary N) is 4. The van der Waals surface area contributed by atoms with Crippen molar-refractivity contribution in [2.24, 2.45) is 27.2 Å². The van der Waals surface area contributed by atoms with Gasteiger partial charge in [-0.25, -0.2) is 9.98 Å². The van der Waals surface area contributed by atoms with Gasteiger partial charge in [0.15, 0.2) is 5.96 Å². The van der Waals surface area contributed by atoms with Gasteiger partial charge in [-0.3, -0.25) is 4.79 Å². The predicted molar refractivity (Wildman–Crippen MR) is 212 cm³/mol. The highest BCUT2D eigenvalue weighted by Crippen LogP contribution is 2.41. The molecule has 1 aliphatic carbocycles. The molecule has 9 heteroatoms. The van der Waals surface area contributed by atoms with E-state index in [4.69, 9.17) is 9.98 Å². The Morgan fingerprint density at radius 3 is 1.84 bits per heavy atom. The van der Waals surface area contributed by atoms with E-state index < -0.39 is 5.41 Å². The van der Waals surface area contributed by atoms with Crippen molar-refractivity contribution < 1.29 is 4.79 Å². The van der Waals surface area contributed by atoms with Gasteiger partial charge in [-0.2, -0.15) is 0 Å². The third-order valence-corrected chi connectivity index (χ3v) is 10.7. The Bertz CT molecular complexity index is 1680. The molecule has 1 unspecified atom stereocenters. The predicted octanol–water partition coefficient (Wildman–Crippen LogP) is 7.87. The molecule has 276 valence electrons. The van der Waals surface area contributed by atoms with Gasteiger partial charge in [0.1, 0.15) is 12.0 Å². The minimum Gasteiger partial charge on any atom is -0.368 e. The van der Waals surface area contributed by atoms with E-state index in [9.17, 15) is 4.79 Å². The summed E-state index contributed by atoms with van der Waals surface area (Å²) in [6.45, 7) is 17.4. The molecule has 1 fully saturated rings. The average molecular weight is 695 g/mol. The quantitative estimate of drug-likeness (QED) is 0.134. The van der Waals surface area contributed by atoms with E-state index in [1.807, 2.05) is 34.4 Å². The first-order valence-corrected chi connectivity index (χ1v) is 18.6. The van der Waals surface area contributed by atoms with Crippen molar-refractivity contribution in [2.45, 2.75) is 99.3 Å². The first-order valence-electron chi connectivity index (χ1n) is 18.6. The number of carbonyl (C=O) groups is 1. The van der Waals surface area contributed by atoms with Crippen LogP contribution < -0.4 is 16.0 Å². The summed E-state index contributed by atoms with van der Waals surface area (Å²) in [5, 5.41) is 10.7. The second-order valence-corrected chi connectivity index (χ2v) is 17.7. The maximum Gasteiger partial charge on any atom is 0.226 e. The van der Waals surface area contributed by atoms with Crippen LogP contribution in [0.3, 0.4) is 0 Å². The highest BCUT2D eigenvalue weighted by molar-refractivity contribution is 5.83. The average Bonchev–Trinajstić information content (AvgIpc) is 3.85. The maximum absolute atomic E-state index is 13.6. The lowest BCUT2D eigenvalue weighted by atomic mass is 9.76. The molecule has 0 bridgehead atoms. The van der Waals surface area contributed by atoms with Gasteiger partial charge >= 0.3 is 0 Å². The Balaban J connectivity index is 1.26. The number of hydrogen-bond donors (Lipinski definition) is 4. The molecular formula is C42H62N8O. The van der Waals surface area contributed by atoms with E-state index in [0.717, 1.165) is 58.3 Å². The van der Waals surface area contributed by atoms with E-state index >= 15 is 0 Å². The number of aliphatic imine (C=N–C) groups is 1. The van der Waals surface area contributed by atoms with Gasteiger partial charge in [-0.1, -0.05) is 117 Å². The van der Waals surface area contributed by atoms with Crippen molar-refractivity contribution >= 4 is 17.6 Å². The first-order chi connectivity index (χ1) is 23.9. The van der Waals surface area contributed by atoms with Crippen LogP contribution >= 0.6 is 0 Å². The van der Waals surface area contributed by atoms with E-state index in [1.165, 1.54) is 12.8 Å². The largest absolute Gasteiger partial charge is 0.368 e. The fourth-order valence-corrected chi connectivity index (χ4v) is 7.44. The molecule has 51 heavy (non-hydrogen) atoms. The Morgan fingerprint density at radius 2 is 1.33 bits per heavy atom. The lowest BCUT2D eigenvalue weighted by Crippen LogP contribution is -2.50. The van der Waals surface area contributed by atoms with Crippen LogP contribution in [0.4, 0.5) is 0 Å². The number of H-pyrrole nitrogens is 1. The molecule has 2 aliphatic rings. The van der Waals surface area contributed by atoms with Crippen LogP contribution in [-0.2, 0) is 4.79 Å². The molecule has 1 saturated carbocycles. The van der Waals surface area contributed by atoms with E-state index in [2.05, 4.69) is 141 Å². The molecule has 0 saturated heterocycles. The van der Waals surface area contributed by atoms with Gasteiger partial charge in [0.05, 0.1) is 29.7 Å². The highest BCUT2D eigenvalue weighted by atomic mass is 16.2. The number of nitrogens with zero attached hydrogens (tertiary/aromatic N) is 4. The number of imidazole rings is 1. The Labute approximate surface area is 306 Å². The molecular weight excluding hydrogens is 633 g/mol. The summed E-state index contributed by atoms with van der Waals surface area (Å²) in [5.41, 5.74) is 5.80. The van der Waals surface area contributed by atoms with Crippen LogP contribution in [0.1, 0.15) is 98.5 Å². The summed E-state index contributed by atoms with van der Waals surface area (Å²) in [6, 6.07) is 17.0. The summed E-state index contributed by atoms with van der Waals surface area (Å²) < 4.78 is 0. The smallest absolute Gasteiger partial charge is 0.226 e. The summed E-state index contributed by atoms with van der Waals surface area (Å²) in [5.74, 6) is 2.26. The molecule has 3 aromatic rings. The Morgan fingerprint density at radius 1 is 0.804 bits per heavy atom. The van der Waals surface area contributed by atoms with Crippen molar-refractivity contribution in [3.05, 3.63) is 72.3 Å². The van der Waals surface area contributed by atoms with Crippen molar-refractivity contribution in [3.8, 4) is 22.4 Å². The molecule has 1 aromatic heterocycles. The zero-order valence-corrected chi connectivity index (χ0v) is 33.1. The second kappa shape index (κ2) is 14.8. The molecule has 0 spiro atoms. The third kappa shape index (κ3) is 8.62. The molecule has 0 radical (unpaired) electrons. The van der Waals surface area contributed by atoms with Crippen molar-refractivity contribution in [1.82, 2.24) is 35.7 Å². The van der Waals surface area contributed by atoms with Crippen molar-refractivity contribution in [2.75, 3.05) is 28.2 Å². The number of benzene rings is 2. The van der Waals surface area contributed by atoms with Gasteiger partial charge in [-0.05, 0) is 51.8 Å². The summed E-state index contributed by atoms with van der Waals surface area (Å²) in [7, 11) is 8.13. The number of carbonyl (C=O) groups excluding carboxylic acids is 1. The van der Waals surface area contributed by atoms with Crippen molar-refractivity contribution in [3.63, 3.8) is 0 Å². The number of rotatable bonds is 9. The SMILES string of the molecule is CN(C)C(=N[C@H](C1NC=C(c2ccc(-c3ccc(-c4cnc([C@@H](NC(=O)C(C)(C)C5CCCC5)C(C)(C)C)[nH]4)cc3)cc2)N1)C(C)(C)C)N(C)C. The summed E-state index contributed by atoms with van der Waals surface area (Å²) in [6.07, 6.45) is 8.61. The molecule has 1 aliphatic heterocycles. The fraction of sp³-hybridized carbons (Fsp3) is 0.548. The summed E-state index contributed by atoms with van der Waals surface area (Å²) >= 11 is 0. The molecule has 1 amide bonds. The van der Waals surface area contributed by atoms with E-state index in [0.29, 0.717) is 5.92 Å².